The van der Waals surface area contributed by atoms with Gasteiger partial charge in [-0.1, -0.05) is 0 Å². The van der Waals surface area contributed by atoms with Gasteiger partial charge in [0.25, 0.3) is 0 Å². The van der Waals surface area contributed by atoms with Crippen molar-refractivity contribution in [3.05, 3.63) is 29.8 Å². The number of hydrogen-bond donors (Lipinski definition) is 1. The van der Waals surface area contributed by atoms with Gasteiger partial charge in [0.15, 0.2) is 5.96 Å². The summed E-state index contributed by atoms with van der Waals surface area (Å²) in [7, 11) is 1.40. The molecule has 29 heavy (non-hydrogen) atoms. The van der Waals surface area contributed by atoms with Crippen molar-refractivity contribution in [3.63, 3.8) is 0 Å². The van der Waals surface area contributed by atoms with Gasteiger partial charge >= 0.3 is 12.1 Å². The minimum Gasteiger partial charge on any atom is -0.492 e. The minimum absolute atomic E-state index is 0. The zero-order chi connectivity index (χ0) is 20.6. The Balaban J connectivity index is 0.00000420. The number of piperidine rings is 1. The Hall–Kier alpha value is -1.72. The number of likely N-dealkylation sites (tertiary alicyclic amines) is 1. The lowest BCUT2D eigenvalue weighted by atomic mass is 9.97. The summed E-state index contributed by atoms with van der Waals surface area (Å²) in [5, 5.41) is 3.21. The molecule has 0 amide bonds. The fraction of sp³-hybridized carbons (Fsp3) is 0.579. The van der Waals surface area contributed by atoms with E-state index in [9.17, 15) is 18.0 Å². The van der Waals surface area contributed by atoms with Gasteiger partial charge in [0.05, 0.1) is 25.1 Å². The molecular formula is C19H27F3IN3O3. The molecule has 0 aliphatic carbocycles. The van der Waals surface area contributed by atoms with Crippen LogP contribution in [0, 0.1) is 5.92 Å². The third kappa shape index (κ3) is 7.90. The first kappa shape index (κ1) is 25.3. The second-order valence-corrected chi connectivity index (χ2v) is 6.39. The number of nitrogens with one attached hydrogen (secondary N) is 1. The molecule has 1 fully saturated rings. The summed E-state index contributed by atoms with van der Waals surface area (Å²) in [6.07, 6.45) is -2.94. The van der Waals surface area contributed by atoms with E-state index in [1.54, 1.807) is 0 Å². The van der Waals surface area contributed by atoms with Gasteiger partial charge in [0.1, 0.15) is 12.4 Å². The Morgan fingerprint density at radius 2 is 1.86 bits per heavy atom. The highest BCUT2D eigenvalue weighted by molar-refractivity contribution is 14.0. The van der Waals surface area contributed by atoms with Crippen LogP contribution in [-0.2, 0) is 15.7 Å². The molecule has 0 aromatic heterocycles. The summed E-state index contributed by atoms with van der Waals surface area (Å²) in [4.78, 5) is 18.2. The summed E-state index contributed by atoms with van der Waals surface area (Å²) in [6.45, 7) is 4.68. The molecule has 0 bridgehead atoms. The van der Waals surface area contributed by atoms with E-state index in [4.69, 9.17) is 9.47 Å². The van der Waals surface area contributed by atoms with Crippen molar-refractivity contribution in [1.82, 2.24) is 10.2 Å². The van der Waals surface area contributed by atoms with Crippen LogP contribution < -0.4 is 10.1 Å². The molecule has 0 saturated carbocycles. The standard InChI is InChI=1S/C19H26F3N3O3.HI/c1-3-23-18(25-11-8-14(9-12-25)17(26)27-2)24-10-13-28-16-6-4-15(5-7-16)19(20,21)22;/h4-7,14H,3,8-13H2,1-2H3,(H,23,24);1H. The van der Waals surface area contributed by atoms with E-state index in [0.29, 0.717) is 44.8 Å². The third-order valence-electron chi connectivity index (χ3n) is 4.47. The van der Waals surface area contributed by atoms with E-state index in [1.165, 1.54) is 19.2 Å². The van der Waals surface area contributed by atoms with Gasteiger partial charge in [0.2, 0.25) is 0 Å². The molecule has 6 nitrogen and oxygen atoms in total. The number of halogens is 4. The molecule has 2 rings (SSSR count). The van der Waals surface area contributed by atoms with Gasteiger partial charge in [0, 0.05) is 19.6 Å². The molecule has 0 unspecified atom stereocenters. The highest BCUT2D eigenvalue weighted by Crippen LogP contribution is 2.30. The number of aliphatic imine (C=N–C) groups is 1. The van der Waals surface area contributed by atoms with Gasteiger partial charge in [-0.15, -0.1) is 24.0 Å². The zero-order valence-electron chi connectivity index (χ0n) is 16.5. The molecule has 0 atom stereocenters. The van der Waals surface area contributed by atoms with E-state index in [-0.39, 0.29) is 42.5 Å². The average Bonchev–Trinajstić information content (AvgIpc) is 2.69. The third-order valence-corrected chi connectivity index (χ3v) is 4.47. The molecule has 1 aliphatic heterocycles. The monoisotopic (exact) mass is 529 g/mol. The van der Waals surface area contributed by atoms with E-state index in [2.05, 4.69) is 15.2 Å². The van der Waals surface area contributed by atoms with Crippen LogP contribution in [0.25, 0.3) is 0 Å². The zero-order valence-corrected chi connectivity index (χ0v) is 18.8. The second kappa shape index (κ2) is 12.1. The number of nitrogens with zero attached hydrogens (tertiary/aromatic N) is 2. The van der Waals surface area contributed by atoms with Crippen molar-refractivity contribution in [2.45, 2.75) is 25.9 Å². The van der Waals surface area contributed by atoms with Gasteiger partial charge in [-0.2, -0.15) is 13.2 Å². The smallest absolute Gasteiger partial charge is 0.416 e. The molecule has 10 heteroatoms. The number of esters is 1. The maximum Gasteiger partial charge on any atom is 0.416 e. The SMILES string of the molecule is CCNC(=NCCOc1ccc(C(F)(F)F)cc1)N1CCC(C(=O)OC)CC1.I. The summed E-state index contributed by atoms with van der Waals surface area (Å²) in [5.41, 5.74) is -0.706. The number of carbonyl (C=O) groups excluding carboxylic acids is 1. The minimum atomic E-state index is -4.36. The molecule has 1 saturated heterocycles. The number of benzene rings is 1. The molecule has 1 N–H and O–H groups in total. The van der Waals surface area contributed by atoms with E-state index < -0.39 is 11.7 Å². The van der Waals surface area contributed by atoms with E-state index in [0.717, 1.165) is 18.1 Å². The molecule has 164 valence electrons. The van der Waals surface area contributed by atoms with Crippen LogP contribution in [0.4, 0.5) is 13.2 Å². The maximum atomic E-state index is 12.6. The van der Waals surface area contributed by atoms with Crippen LogP contribution in [0.15, 0.2) is 29.3 Å². The normalized spacial score (nSPS) is 15.5. The molecule has 1 heterocycles. The van der Waals surface area contributed by atoms with Crippen molar-refractivity contribution >= 4 is 35.9 Å². The van der Waals surface area contributed by atoms with Crippen molar-refractivity contribution < 1.29 is 27.4 Å². The van der Waals surface area contributed by atoms with Crippen LogP contribution in [0.2, 0.25) is 0 Å². The molecule has 0 spiro atoms. The molecule has 1 aromatic rings. The number of rotatable bonds is 6. The lowest BCUT2D eigenvalue weighted by Crippen LogP contribution is -2.46. The fourth-order valence-corrected chi connectivity index (χ4v) is 2.97. The Kier molecular flexibility index (Phi) is 10.5. The molecule has 1 aliphatic rings. The summed E-state index contributed by atoms with van der Waals surface area (Å²) < 4.78 is 47.9. The average molecular weight is 529 g/mol. The van der Waals surface area contributed by atoms with Crippen LogP contribution in [0.5, 0.6) is 5.75 Å². The lowest BCUT2D eigenvalue weighted by Gasteiger charge is -2.33. The van der Waals surface area contributed by atoms with Gasteiger partial charge in [-0.25, -0.2) is 4.99 Å². The second-order valence-electron chi connectivity index (χ2n) is 6.39. The Morgan fingerprint density at radius 3 is 2.38 bits per heavy atom. The molecular weight excluding hydrogens is 502 g/mol. The number of ether oxygens (including phenoxy) is 2. The lowest BCUT2D eigenvalue weighted by molar-refractivity contribution is -0.146. The van der Waals surface area contributed by atoms with E-state index >= 15 is 0 Å². The van der Waals surface area contributed by atoms with Crippen molar-refractivity contribution in [2.75, 3.05) is 39.9 Å². The summed E-state index contributed by atoms with van der Waals surface area (Å²) in [5.74, 6) is 0.854. The first-order valence-corrected chi connectivity index (χ1v) is 9.26. The number of hydrogen-bond acceptors (Lipinski definition) is 4. The largest absolute Gasteiger partial charge is 0.492 e. The predicted octanol–water partition coefficient (Wildman–Crippen LogP) is 3.55. The Morgan fingerprint density at radius 1 is 1.24 bits per heavy atom. The van der Waals surface area contributed by atoms with Crippen molar-refractivity contribution in [1.29, 1.82) is 0 Å². The first-order valence-electron chi connectivity index (χ1n) is 9.26. The first-order chi connectivity index (χ1) is 13.3. The molecule has 0 radical (unpaired) electrons. The number of guanidine groups is 1. The highest BCUT2D eigenvalue weighted by Gasteiger charge is 2.30. The fourth-order valence-electron chi connectivity index (χ4n) is 2.97. The van der Waals surface area contributed by atoms with Crippen LogP contribution >= 0.6 is 24.0 Å². The maximum absolute atomic E-state index is 12.6. The highest BCUT2D eigenvalue weighted by atomic mass is 127. The predicted molar refractivity (Wildman–Crippen MR) is 115 cm³/mol. The number of methoxy groups -OCH3 is 1. The van der Waals surface area contributed by atoms with Crippen molar-refractivity contribution in [3.8, 4) is 5.75 Å². The van der Waals surface area contributed by atoms with Crippen LogP contribution in [0.3, 0.4) is 0 Å². The van der Waals surface area contributed by atoms with Crippen LogP contribution in [0.1, 0.15) is 25.3 Å². The van der Waals surface area contributed by atoms with Gasteiger partial charge in [-0.3, -0.25) is 4.79 Å². The Labute approximate surface area is 185 Å². The quantitative estimate of drug-likeness (QED) is 0.201. The topological polar surface area (TPSA) is 63.2 Å². The summed E-state index contributed by atoms with van der Waals surface area (Å²) >= 11 is 0. The number of carbonyl (C=O) groups is 1. The number of alkyl halides is 3. The summed E-state index contributed by atoms with van der Waals surface area (Å²) in [6, 6.07) is 4.59. The van der Waals surface area contributed by atoms with Crippen molar-refractivity contribution in [2.24, 2.45) is 10.9 Å². The van der Waals surface area contributed by atoms with E-state index in [1.807, 2.05) is 6.92 Å². The molecule has 1 aromatic carbocycles. The van der Waals surface area contributed by atoms with Gasteiger partial charge < -0.3 is 19.7 Å². The Bertz CT molecular complexity index is 661. The van der Waals surface area contributed by atoms with Crippen LogP contribution in [-0.4, -0.2) is 56.7 Å². The van der Waals surface area contributed by atoms with Gasteiger partial charge in [-0.05, 0) is 44.0 Å².